The van der Waals surface area contributed by atoms with Crippen molar-refractivity contribution < 1.29 is 38.0 Å². The van der Waals surface area contributed by atoms with E-state index in [1.54, 1.807) is 36.4 Å². The summed E-state index contributed by atoms with van der Waals surface area (Å²) in [4.78, 5) is 36.0. The molecule has 2 aromatic heterocycles. The van der Waals surface area contributed by atoms with E-state index in [1.165, 1.54) is 12.4 Å². The van der Waals surface area contributed by atoms with Gasteiger partial charge >= 0.3 is 11.9 Å². The minimum atomic E-state index is -0.596. The highest BCUT2D eigenvalue weighted by Gasteiger charge is 2.35. The molecular weight excluding hydrogens is 660 g/mol. The molecule has 0 saturated carbocycles. The van der Waals surface area contributed by atoms with Crippen molar-refractivity contribution in [3.05, 3.63) is 121 Å². The number of hydrogen-bond donors (Lipinski definition) is 0. The molecule has 8 rings (SSSR count). The lowest BCUT2D eigenvalue weighted by Gasteiger charge is -2.37. The molecule has 0 unspecified atom stereocenters. The number of carbonyl (C=O) groups is 2. The molecule has 2 aliphatic heterocycles. The van der Waals surface area contributed by atoms with E-state index in [9.17, 15) is 9.59 Å². The predicted octanol–water partition coefficient (Wildman–Crippen LogP) is 7.72. The average Bonchev–Trinajstić information content (AvgIpc) is 3.15. The molecule has 10 heteroatoms. The molecule has 6 aromatic rings. The van der Waals surface area contributed by atoms with Crippen molar-refractivity contribution in [3.63, 3.8) is 0 Å². The summed E-state index contributed by atoms with van der Waals surface area (Å²) in [6.45, 7) is 7.66. The van der Waals surface area contributed by atoms with Gasteiger partial charge in [0.1, 0.15) is 11.5 Å². The van der Waals surface area contributed by atoms with Crippen LogP contribution in [0.1, 0.15) is 34.6 Å². The molecule has 4 aromatic carbocycles. The summed E-state index contributed by atoms with van der Waals surface area (Å²) >= 11 is 0. The largest absolute Gasteiger partial charge is 0.477 e. The summed E-state index contributed by atoms with van der Waals surface area (Å²) in [5.74, 6) is 0.220. The smallest absolute Gasteiger partial charge is 0.345 e. The first-order valence-electron chi connectivity index (χ1n) is 17.1. The molecule has 0 radical (unpaired) electrons. The Bertz CT molecular complexity index is 2120. The van der Waals surface area contributed by atoms with Crippen molar-refractivity contribution in [1.29, 1.82) is 0 Å². The van der Waals surface area contributed by atoms with Gasteiger partial charge in [0.25, 0.3) is 0 Å². The van der Waals surface area contributed by atoms with E-state index in [-0.39, 0.29) is 22.0 Å². The van der Waals surface area contributed by atoms with Crippen molar-refractivity contribution in [2.75, 3.05) is 39.6 Å². The van der Waals surface area contributed by atoms with E-state index >= 15 is 0 Å². The molecular formula is C42H36N2O8. The van der Waals surface area contributed by atoms with E-state index in [4.69, 9.17) is 28.4 Å². The van der Waals surface area contributed by atoms with E-state index < -0.39 is 11.9 Å². The normalized spacial score (nSPS) is 15.7. The summed E-state index contributed by atoms with van der Waals surface area (Å²) < 4.78 is 34.6. The highest BCUT2D eigenvalue weighted by atomic mass is 16.5. The van der Waals surface area contributed by atoms with E-state index in [1.807, 2.05) is 60.7 Å². The van der Waals surface area contributed by atoms with Crippen LogP contribution in [0.4, 0.5) is 0 Å². The molecule has 262 valence electrons. The Balaban J connectivity index is 1.11. The van der Waals surface area contributed by atoms with Gasteiger partial charge in [0.2, 0.25) is 11.8 Å². The Kier molecular flexibility index (Phi) is 8.78. The molecule has 0 spiro atoms. The summed E-state index contributed by atoms with van der Waals surface area (Å²) in [6, 6.07) is 29.4. The fraction of sp³-hybridized carbons (Fsp3) is 0.238. The Hall–Kier alpha value is -5.84. The first kappa shape index (κ1) is 33.3. The topological polar surface area (TPSA) is 115 Å². The lowest BCUT2D eigenvalue weighted by molar-refractivity contribution is -0.120. The zero-order chi connectivity index (χ0) is 35.7. The van der Waals surface area contributed by atoms with Crippen LogP contribution in [0.15, 0.2) is 109 Å². The third-order valence-corrected chi connectivity index (χ3v) is 9.32. The van der Waals surface area contributed by atoms with Crippen molar-refractivity contribution in [2.45, 2.75) is 13.8 Å². The molecule has 0 amide bonds. The van der Waals surface area contributed by atoms with Crippen molar-refractivity contribution in [1.82, 2.24) is 9.97 Å². The van der Waals surface area contributed by atoms with Crippen LogP contribution >= 0.6 is 0 Å². The molecule has 0 bridgehead atoms. The fourth-order valence-corrected chi connectivity index (χ4v) is 6.24. The molecule has 4 heterocycles. The van der Waals surface area contributed by atoms with Crippen LogP contribution in [0, 0.1) is 10.8 Å². The number of nitrogens with zero attached hydrogens (tertiary/aromatic N) is 2. The minimum absolute atomic E-state index is 0.0408. The number of hydrogen-bond acceptors (Lipinski definition) is 10. The van der Waals surface area contributed by atoms with Gasteiger partial charge in [-0.05, 0) is 45.8 Å². The number of aromatic nitrogens is 2. The lowest BCUT2D eigenvalue weighted by Crippen LogP contribution is -2.44. The fourth-order valence-electron chi connectivity index (χ4n) is 6.24. The first-order valence-corrected chi connectivity index (χ1v) is 17.1. The molecule has 2 saturated heterocycles. The zero-order valence-corrected chi connectivity index (χ0v) is 28.8. The number of fused-ring (bicyclic) bond motifs is 2. The van der Waals surface area contributed by atoms with Gasteiger partial charge in [-0.15, -0.1) is 0 Å². The second kappa shape index (κ2) is 13.7. The van der Waals surface area contributed by atoms with E-state index in [2.05, 4.69) is 23.8 Å². The quantitative estimate of drug-likeness (QED) is 0.0985. The minimum Gasteiger partial charge on any atom is -0.477 e. The second-order valence-electron chi connectivity index (χ2n) is 14.1. The maximum absolute atomic E-state index is 13.6. The van der Waals surface area contributed by atoms with Crippen LogP contribution in [0.3, 0.4) is 0 Å². The van der Waals surface area contributed by atoms with Crippen LogP contribution in [0.5, 0.6) is 23.3 Å². The van der Waals surface area contributed by atoms with E-state index in [0.717, 1.165) is 21.5 Å². The van der Waals surface area contributed by atoms with E-state index in [0.29, 0.717) is 74.0 Å². The molecule has 52 heavy (non-hydrogen) atoms. The molecule has 2 aliphatic rings. The summed E-state index contributed by atoms with van der Waals surface area (Å²) in [5.41, 5.74) is 1.63. The van der Waals surface area contributed by atoms with Crippen LogP contribution in [0.25, 0.3) is 32.7 Å². The molecule has 0 N–H and O–H groups in total. The van der Waals surface area contributed by atoms with Gasteiger partial charge in [-0.1, -0.05) is 74.5 Å². The highest BCUT2D eigenvalue weighted by Crippen LogP contribution is 2.46. The van der Waals surface area contributed by atoms with Gasteiger partial charge in [-0.3, -0.25) is 0 Å². The number of benzene rings is 4. The maximum Gasteiger partial charge on any atom is 0.345 e. The summed E-state index contributed by atoms with van der Waals surface area (Å²) in [5, 5.41) is 3.45. The van der Waals surface area contributed by atoms with Gasteiger partial charge in [0.05, 0.1) is 50.8 Å². The van der Waals surface area contributed by atoms with Gasteiger partial charge in [0.15, 0.2) is 0 Å². The third kappa shape index (κ3) is 6.78. The van der Waals surface area contributed by atoms with Gasteiger partial charge in [-0.25, -0.2) is 19.6 Å². The third-order valence-electron chi connectivity index (χ3n) is 9.32. The Morgan fingerprint density at radius 1 is 0.577 bits per heavy atom. The molecule has 0 aliphatic carbocycles. The number of rotatable bonds is 11. The van der Waals surface area contributed by atoms with Crippen molar-refractivity contribution in [3.8, 4) is 34.4 Å². The molecule has 10 nitrogen and oxygen atoms in total. The molecule has 2 fully saturated rings. The Morgan fingerprint density at radius 2 is 1.00 bits per heavy atom. The first-order chi connectivity index (χ1) is 25.3. The monoisotopic (exact) mass is 696 g/mol. The Labute approximate surface area is 300 Å². The van der Waals surface area contributed by atoms with Gasteiger partial charge < -0.3 is 28.4 Å². The van der Waals surface area contributed by atoms with Gasteiger partial charge in [-0.2, -0.15) is 0 Å². The van der Waals surface area contributed by atoms with Gasteiger partial charge in [0, 0.05) is 46.5 Å². The Morgan fingerprint density at radius 3 is 1.37 bits per heavy atom. The standard InChI is InChI=1S/C42H36N2O8/c1-41(21-47-22-41)25-49-35-17-13-29(19-43-35)39(45)51-33-15-11-27-7-3-5-9-31(27)37(33)38-32-10-6-4-8-28(32)12-16-34(38)52-40(46)30-14-18-36(44-20-30)50-26-42(2)23-48-24-42/h3-20H,21-26H2,1-2H3. The number of ether oxygens (including phenoxy) is 6. The number of esters is 2. The lowest BCUT2D eigenvalue weighted by atomic mass is 9.90. The number of pyridine rings is 2. The van der Waals surface area contributed by atoms with Crippen LogP contribution < -0.4 is 18.9 Å². The van der Waals surface area contributed by atoms with Crippen LogP contribution in [-0.2, 0) is 9.47 Å². The average molecular weight is 697 g/mol. The second-order valence-corrected chi connectivity index (χ2v) is 14.1. The highest BCUT2D eigenvalue weighted by molar-refractivity contribution is 6.11. The SMILES string of the molecule is CC1(COc2ccc(C(=O)Oc3ccc4ccccc4c3-c3c(OC(=O)c4ccc(OCC5(C)COC5)nc4)ccc4ccccc34)cn2)COC1. The predicted molar refractivity (Wildman–Crippen MR) is 194 cm³/mol. The summed E-state index contributed by atoms with van der Waals surface area (Å²) in [7, 11) is 0. The van der Waals surface area contributed by atoms with Crippen molar-refractivity contribution >= 4 is 33.5 Å². The van der Waals surface area contributed by atoms with Crippen molar-refractivity contribution in [2.24, 2.45) is 10.8 Å². The maximum atomic E-state index is 13.6. The number of carbonyl (C=O) groups excluding carboxylic acids is 2. The molecule has 0 atom stereocenters. The van der Waals surface area contributed by atoms with Crippen LogP contribution in [0.2, 0.25) is 0 Å². The van der Waals surface area contributed by atoms with Crippen LogP contribution in [-0.4, -0.2) is 61.5 Å². The summed E-state index contributed by atoms with van der Waals surface area (Å²) in [6.07, 6.45) is 2.88. The zero-order valence-electron chi connectivity index (χ0n) is 28.8.